The molecule has 1 amide bonds. The maximum absolute atomic E-state index is 14.4. The molecule has 1 atom stereocenters. The minimum absolute atomic E-state index is 0.0167. The third kappa shape index (κ3) is 4.40. The van der Waals surface area contributed by atoms with Crippen LogP contribution in [0, 0.1) is 17.0 Å². The van der Waals surface area contributed by atoms with E-state index in [-0.39, 0.29) is 31.0 Å². The van der Waals surface area contributed by atoms with Gasteiger partial charge < -0.3 is 19.1 Å². The van der Waals surface area contributed by atoms with Crippen molar-refractivity contribution in [3.05, 3.63) is 59.2 Å². The van der Waals surface area contributed by atoms with Crippen LogP contribution in [0.25, 0.3) is 0 Å². The quantitative estimate of drug-likeness (QED) is 0.656. The number of rotatable bonds is 5. The second kappa shape index (κ2) is 9.14. The number of fused-ring (bicyclic) bond motifs is 1. The van der Waals surface area contributed by atoms with Crippen molar-refractivity contribution in [3.63, 3.8) is 0 Å². The average Bonchev–Trinajstić information content (AvgIpc) is 2.80. The molecule has 2 heterocycles. The van der Waals surface area contributed by atoms with E-state index in [2.05, 4.69) is 0 Å². The number of halogens is 2. The molecule has 6 nitrogen and oxygen atoms in total. The van der Waals surface area contributed by atoms with E-state index in [9.17, 15) is 18.4 Å². The molecule has 2 aromatic carbocycles. The number of likely N-dealkylation sites (tertiary alicyclic amines) is 1. The Morgan fingerprint density at radius 3 is 2.62 bits per heavy atom. The first-order valence-corrected chi connectivity index (χ1v) is 10.7. The van der Waals surface area contributed by atoms with Gasteiger partial charge in [0.05, 0.1) is 12.0 Å². The van der Waals surface area contributed by atoms with Crippen LogP contribution < -0.4 is 9.47 Å². The molecule has 4 rings (SSSR count). The Kier molecular flexibility index (Phi) is 6.30. The number of esters is 1. The summed E-state index contributed by atoms with van der Waals surface area (Å²) in [7, 11) is 0. The van der Waals surface area contributed by atoms with Gasteiger partial charge in [-0.05, 0) is 56.0 Å². The monoisotopic (exact) mass is 445 g/mol. The van der Waals surface area contributed by atoms with Crippen molar-refractivity contribution >= 4 is 11.9 Å². The molecule has 2 aliphatic heterocycles. The lowest BCUT2D eigenvalue weighted by Gasteiger charge is -2.41. The third-order valence-corrected chi connectivity index (χ3v) is 5.91. The largest absolute Gasteiger partial charge is 0.486 e. The molecule has 0 spiro atoms. The fourth-order valence-corrected chi connectivity index (χ4v) is 4.36. The second-order valence-corrected chi connectivity index (χ2v) is 8.10. The van der Waals surface area contributed by atoms with Crippen molar-refractivity contribution in [2.75, 3.05) is 32.9 Å². The molecule has 0 radical (unpaired) electrons. The number of ether oxygens (including phenoxy) is 3. The fraction of sp³-hybridized carbons (Fsp3) is 0.417. The van der Waals surface area contributed by atoms with Gasteiger partial charge in [0.1, 0.15) is 24.8 Å². The molecule has 8 heteroatoms. The summed E-state index contributed by atoms with van der Waals surface area (Å²) in [6.07, 6.45) is 1.01. The normalized spacial score (nSPS) is 20.0. The van der Waals surface area contributed by atoms with Gasteiger partial charge in [-0.15, -0.1) is 0 Å². The van der Waals surface area contributed by atoms with Crippen LogP contribution in [0.15, 0.2) is 36.4 Å². The lowest BCUT2D eigenvalue weighted by molar-refractivity contribution is -0.158. The Balaban J connectivity index is 1.61. The van der Waals surface area contributed by atoms with E-state index in [4.69, 9.17) is 14.2 Å². The number of nitrogens with zero attached hydrogens (tertiary/aromatic N) is 1. The highest BCUT2D eigenvalue weighted by molar-refractivity contribution is 5.95. The van der Waals surface area contributed by atoms with Gasteiger partial charge in [0.25, 0.3) is 5.91 Å². The number of amides is 1. The number of carbonyl (C=O) groups excluding carboxylic acids is 2. The first-order chi connectivity index (χ1) is 15.4. The lowest BCUT2D eigenvalue weighted by atomic mass is 9.74. The third-order valence-electron chi connectivity index (χ3n) is 5.91. The van der Waals surface area contributed by atoms with Crippen LogP contribution in [-0.2, 0) is 16.0 Å². The van der Waals surface area contributed by atoms with Gasteiger partial charge in [-0.25, -0.2) is 8.78 Å². The van der Waals surface area contributed by atoms with Gasteiger partial charge in [0.15, 0.2) is 11.5 Å². The smallest absolute Gasteiger partial charge is 0.314 e. The van der Waals surface area contributed by atoms with E-state index in [1.165, 1.54) is 6.07 Å². The summed E-state index contributed by atoms with van der Waals surface area (Å²) < 4.78 is 44.2. The van der Waals surface area contributed by atoms with E-state index < -0.39 is 23.0 Å². The summed E-state index contributed by atoms with van der Waals surface area (Å²) in [4.78, 5) is 27.9. The van der Waals surface area contributed by atoms with Crippen LogP contribution in [0.2, 0.25) is 0 Å². The molecule has 2 aliphatic rings. The summed E-state index contributed by atoms with van der Waals surface area (Å²) in [6.45, 7) is 3.27. The molecular weight excluding hydrogens is 420 g/mol. The Morgan fingerprint density at radius 1 is 1.09 bits per heavy atom. The van der Waals surface area contributed by atoms with Crippen LogP contribution in [0.1, 0.15) is 35.7 Å². The van der Waals surface area contributed by atoms with E-state index >= 15 is 0 Å². The van der Waals surface area contributed by atoms with Crippen molar-refractivity contribution in [1.82, 2.24) is 4.90 Å². The van der Waals surface area contributed by atoms with Crippen LogP contribution >= 0.6 is 0 Å². The standard InChI is InChI=1S/C24H25F2NO5/c1-2-30-23(29)24(14-17-4-6-18(25)13-19(17)26)8-3-9-27(15-24)22(28)16-5-7-20-21(12-16)32-11-10-31-20/h4-7,12-13H,2-3,8-11,14-15H2,1H3/t24-/m0/s1. The molecule has 0 aromatic heterocycles. The Bertz CT molecular complexity index is 1030. The Hall–Kier alpha value is -3.16. The maximum atomic E-state index is 14.4. The molecule has 32 heavy (non-hydrogen) atoms. The zero-order valence-corrected chi connectivity index (χ0v) is 17.9. The number of benzene rings is 2. The molecule has 170 valence electrons. The molecule has 0 N–H and O–H groups in total. The highest BCUT2D eigenvalue weighted by atomic mass is 19.1. The minimum atomic E-state index is -1.11. The number of carbonyl (C=O) groups is 2. The van der Waals surface area contributed by atoms with Crippen LogP contribution in [0.3, 0.4) is 0 Å². The van der Waals surface area contributed by atoms with Gasteiger partial charge in [-0.1, -0.05) is 6.07 Å². The van der Waals surface area contributed by atoms with Crippen molar-refractivity contribution in [2.24, 2.45) is 5.41 Å². The summed E-state index contributed by atoms with van der Waals surface area (Å²) in [5, 5.41) is 0. The van der Waals surface area contributed by atoms with Gasteiger partial charge in [-0.2, -0.15) is 0 Å². The fourth-order valence-electron chi connectivity index (χ4n) is 4.36. The van der Waals surface area contributed by atoms with Crippen LogP contribution in [0.4, 0.5) is 8.78 Å². The van der Waals surface area contributed by atoms with Gasteiger partial charge in [-0.3, -0.25) is 9.59 Å². The molecule has 0 bridgehead atoms. The molecule has 0 saturated carbocycles. The summed E-state index contributed by atoms with van der Waals surface area (Å²) in [5.41, 5.74) is -0.480. The van der Waals surface area contributed by atoms with Gasteiger partial charge >= 0.3 is 5.97 Å². The summed E-state index contributed by atoms with van der Waals surface area (Å²) in [5.74, 6) is -1.05. The van der Waals surface area contributed by atoms with Crippen molar-refractivity contribution in [3.8, 4) is 11.5 Å². The highest BCUT2D eigenvalue weighted by Gasteiger charge is 2.45. The zero-order chi connectivity index (χ0) is 22.7. The first kappa shape index (κ1) is 22.0. The zero-order valence-electron chi connectivity index (χ0n) is 17.9. The molecule has 0 unspecified atom stereocenters. The topological polar surface area (TPSA) is 65.1 Å². The number of piperidine rings is 1. The Morgan fingerprint density at radius 2 is 1.88 bits per heavy atom. The first-order valence-electron chi connectivity index (χ1n) is 10.7. The van der Waals surface area contributed by atoms with Gasteiger partial charge in [0, 0.05) is 24.7 Å². The predicted octanol–water partition coefficient (Wildman–Crippen LogP) is 3.76. The van der Waals surface area contributed by atoms with Crippen LogP contribution in [0.5, 0.6) is 11.5 Å². The van der Waals surface area contributed by atoms with Crippen LogP contribution in [-0.4, -0.2) is 49.7 Å². The number of hydrogen-bond acceptors (Lipinski definition) is 5. The lowest BCUT2D eigenvalue weighted by Crippen LogP contribution is -2.51. The molecule has 1 saturated heterocycles. The van der Waals surface area contributed by atoms with Gasteiger partial charge in [0.2, 0.25) is 0 Å². The molecule has 2 aromatic rings. The van der Waals surface area contributed by atoms with Crippen molar-refractivity contribution in [1.29, 1.82) is 0 Å². The maximum Gasteiger partial charge on any atom is 0.314 e. The SMILES string of the molecule is CCOC(=O)[C@]1(Cc2ccc(F)cc2F)CCCN(C(=O)c2ccc3c(c2)OCCO3)C1. The predicted molar refractivity (Wildman–Crippen MR) is 112 cm³/mol. The number of hydrogen-bond donors (Lipinski definition) is 0. The van der Waals surface area contributed by atoms with E-state index in [0.29, 0.717) is 49.7 Å². The molecule has 0 aliphatic carbocycles. The minimum Gasteiger partial charge on any atom is -0.486 e. The summed E-state index contributed by atoms with van der Waals surface area (Å²) >= 11 is 0. The van der Waals surface area contributed by atoms with Crippen molar-refractivity contribution in [2.45, 2.75) is 26.2 Å². The van der Waals surface area contributed by atoms with E-state index in [1.54, 1.807) is 30.0 Å². The molecular formula is C24H25F2NO5. The second-order valence-electron chi connectivity index (χ2n) is 8.10. The van der Waals surface area contributed by atoms with E-state index in [1.807, 2.05) is 0 Å². The van der Waals surface area contributed by atoms with E-state index in [0.717, 1.165) is 12.1 Å². The van der Waals surface area contributed by atoms with Crippen molar-refractivity contribution < 1.29 is 32.6 Å². The Labute approximate surface area is 185 Å². The average molecular weight is 445 g/mol. The summed E-state index contributed by atoms with van der Waals surface area (Å²) in [6, 6.07) is 8.30. The molecule has 1 fully saturated rings. The highest BCUT2D eigenvalue weighted by Crippen LogP contribution is 2.37.